The number of carbonyl (C=O) groups excluding carboxylic acids is 1. The molecular formula is C19H19FN4O3S2. The molecule has 10 heteroatoms. The van der Waals surface area contributed by atoms with E-state index in [2.05, 4.69) is 9.97 Å². The molecule has 4 rings (SSSR count). The average Bonchev–Trinajstić information content (AvgIpc) is 3.33. The molecule has 2 aromatic heterocycles. The van der Waals surface area contributed by atoms with E-state index in [9.17, 15) is 17.6 Å². The number of nitrogens with zero attached hydrogens (tertiary/aromatic N) is 4. The summed E-state index contributed by atoms with van der Waals surface area (Å²) in [6.45, 7) is 0.466. The molecule has 1 fully saturated rings. The number of aromatic nitrogens is 2. The fourth-order valence-corrected chi connectivity index (χ4v) is 5.57. The Morgan fingerprint density at radius 3 is 2.90 bits per heavy atom. The molecule has 1 aliphatic rings. The van der Waals surface area contributed by atoms with Crippen LogP contribution in [0.3, 0.4) is 0 Å². The molecule has 1 aromatic carbocycles. The van der Waals surface area contributed by atoms with E-state index in [4.69, 9.17) is 0 Å². The molecule has 0 bridgehead atoms. The highest BCUT2D eigenvalue weighted by atomic mass is 32.2. The van der Waals surface area contributed by atoms with Crippen LogP contribution in [0.4, 0.5) is 9.52 Å². The van der Waals surface area contributed by atoms with Gasteiger partial charge in [0.05, 0.1) is 28.7 Å². The van der Waals surface area contributed by atoms with Crippen LogP contribution >= 0.6 is 11.3 Å². The molecule has 1 unspecified atom stereocenters. The first-order chi connectivity index (χ1) is 13.8. The molecule has 0 aliphatic carbocycles. The van der Waals surface area contributed by atoms with E-state index in [0.717, 1.165) is 6.26 Å². The van der Waals surface area contributed by atoms with Gasteiger partial charge in [-0.05, 0) is 43.2 Å². The fourth-order valence-electron chi connectivity index (χ4n) is 3.46. The highest BCUT2D eigenvalue weighted by molar-refractivity contribution is 7.88. The van der Waals surface area contributed by atoms with Gasteiger partial charge in [0.1, 0.15) is 11.9 Å². The standard InChI is InChI=1S/C19H19FN4O3S2/c1-29(26,27)24-10-4-6-16(24)18(25)23(12-14-5-2-3-9-21-14)19-22-15-8-7-13(20)11-17(15)28-19/h2-3,5,7-9,11,16H,4,6,10,12H2,1H3. The van der Waals surface area contributed by atoms with Crippen molar-refractivity contribution >= 4 is 42.6 Å². The summed E-state index contributed by atoms with van der Waals surface area (Å²) in [4.78, 5) is 23.7. The van der Waals surface area contributed by atoms with E-state index in [-0.39, 0.29) is 18.3 Å². The van der Waals surface area contributed by atoms with Crippen molar-refractivity contribution < 1.29 is 17.6 Å². The molecule has 3 heterocycles. The lowest BCUT2D eigenvalue weighted by Crippen LogP contribution is -2.47. The summed E-state index contributed by atoms with van der Waals surface area (Å²) < 4.78 is 39.7. The number of benzene rings is 1. The van der Waals surface area contributed by atoms with Crippen molar-refractivity contribution in [2.75, 3.05) is 17.7 Å². The smallest absolute Gasteiger partial charge is 0.247 e. The molecule has 1 atom stereocenters. The number of carbonyl (C=O) groups is 1. The molecule has 29 heavy (non-hydrogen) atoms. The number of halogens is 1. The summed E-state index contributed by atoms with van der Waals surface area (Å²) in [6.07, 6.45) is 3.81. The second-order valence-electron chi connectivity index (χ2n) is 6.89. The predicted octanol–water partition coefficient (Wildman–Crippen LogP) is 2.79. The maximum atomic E-state index is 13.6. The normalized spacial score (nSPS) is 17.7. The topological polar surface area (TPSA) is 83.5 Å². The molecule has 3 aromatic rings. The Bertz CT molecular complexity index is 1150. The van der Waals surface area contributed by atoms with Gasteiger partial charge in [-0.25, -0.2) is 17.8 Å². The molecule has 0 N–H and O–H groups in total. The minimum Gasteiger partial charge on any atom is -0.281 e. The van der Waals surface area contributed by atoms with Crippen molar-refractivity contribution in [1.82, 2.24) is 14.3 Å². The Morgan fingerprint density at radius 1 is 1.34 bits per heavy atom. The number of rotatable bonds is 5. The van der Waals surface area contributed by atoms with Crippen molar-refractivity contribution in [3.63, 3.8) is 0 Å². The summed E-state index contributed by atoms with van der Waals surface area (Å²) in [7, 11) is -3.51. The lowest BCUT2D eigenvalue weighted by molar-refractivity contribution is -0.121. The Kier molecular flexibility index (Phi) is 5.32. The van der Waals surface area contributed by atoms with Gasteiger partial charge in [-0.15, -0.1) is 0 Å². The molecular weight excluding hydrogens is 415 g/mol. The molecule has 7 nitrogen and oxygen atoms in total. The van der Waals surface area contributed by atoms with Gasteiger partial charge in [0, 0.05) is 12.7 Å². The van der Waals surface area contributed by atoms with Gasteiger partial charge in [0.2, 0.25) is 15.9 Å². The van der Waals surface area contributed by atoms with Crippen molar-refractivity contribution in [3.05, 3.63) is 54.1 Å². The molecule has 0 radical (unpaired) electrons. The third kappa shape index (κ3) is 4.14. The van der Waals surface area contributed by atoms with E-state index in [1.54, 1.807) is 24.4 Å². The van der Waals surface area contributed by atoms with Gasteiger partial charge in [0.25, 0.3) is 0 Å². The van der Waals surface area contributed by atoms with Crippen molar-refractivity contribution in [1.29, 1.82) is 0 Å². The number of hydrogen-bond acceptors (Lipinski definition) is 6. The number of anilines is 1. The van der Waals surface area contributed by atoms with Crippen molar-refractivity contribution in [2.45, 2.75) is 25.4 Å². The summed E-state index contributed by atoms with van der Waals surface area (Å²) >= 11 is 1.19. The molecule has 1 saturated heterocycles. The lowest BCUT2D eigenvalue weighted by atomic mass is 10.2. The average molecular weight is 435 g/mol. The second-order valence-corrected chi connectivity index (χ2v) is 9.83. The van der Waals surface area contributed by atoms with E-state index < -0.39 is 16.1 Å². The summed E-state index contributed by atoms with van der Waals surface area (Å²) in [6, 6.07) is 8.85. The Balaban J connectivity index is 1.74. The highest BCUT2D eigenvalue weighted by Gasteiger charge is 2.39. The van der Waals surface area contributed by atoms with Crippen LogP contribution in [-0.2, 0) is 21.4 Å². The Labute approximate surface area is 171 Å². The predicted molar refractivity (Wildman–Crippen MR) is 110 cm³/mol. The number of sulfonamides is 1. The first-order valence-electron chi connectivity index (χ1n) is 9.07. The minimum absolute atomic E-state index is 0.149. The molecule has 1 amide bonds. The number of fused-ring (bicyclic) bond motifs is 1. The zero-order chi connectivity index (χ0) is 20.6. The van der Waals surface area contributed by atoms with Crippen LogP contribution in [0.5, 0.6) is 0 Å². The van der Waals surface area contributed by atoms with Crippen molar-refractivity contribution in [3.8, 4) is 0 Å². The first-order valence-corrected chi connectivity index (χ1v) is 11.7. The number of thiazole rings is 1. The van der Waals surface area contributed by atoms with Crippen LogP contribution in [-0.4, -0.2) is 47.4 Å². The molecule has 152 valence electrons. The summed E-state index contributed by atoms with van der Waals surface area (Å²) in [5, 5.41) is 0.390. The second kappa shape index (κ2) is 7.77. The van der Waals surface area contributed by atoms with E-state index in [1.807, 2.05) is 6.07 Å². The third-order valence-electron chi connectivity index (χ3n) is 4.80. The summed E-state index contributed by atoms with van der Waals surface area (Å²) in [5.74, 6) is -0.729. The van der Waals surface area contributed by atoms with Gasteiger partial charge >= 0.3 is 0 Å². The Hall–Kier alpha value is -2.43. The third-order valence-corrected chi connectivity index (χ3v) is 7.13. The van der Waals surface area contributed by atoms with Crippen LogP contribution in [0.25, 0.3) is 10.2 Å². The van der Waals surface area contributed by atoms with Gasteiger partial charge in [-0.2, -0.15) is 4.31 Å². The zero-order valence-corrected chi connectivity index (χ0v) is 17.3. The number of hydrogen-bond donors (Lipinski definition) is 0. The van der Waals surface area contributed by atoms with Crippen LogP contribution in [0.2, 0.25) is 0 Å². The number of amides is 1. The van der Waals surface area contributed by atoms with Crippen molar-refractivity contribution in [2.24, 2.45) is 0 Å². The van der Waals surface area contributed by atoms with Gasteiger partial charge in [-0.1, -0.05) is 17.4 Å². The van der Waals surface area contributed by atoms with Crippen LogP contribution < -0.4 is 4.90 Å². The Morgan fingerprint density at radius 2 is 2.17 bits per heavy atom. The fraction of sp³-hybridized carbons (Fsp3) is 0.316. The maximum Gasteiger partial charge on any atom is 0.247 e. The monoisotopic (exact) mass is 434 g/mol. The van der Waals surface area contributed by atoms with Crippen LogP contribution in [0.1, 0.15) is 18.5 Å². The quantitative estimate of drug-likeness (QED) is 0.617. The van der Waals surface area contributed by atoms with Gasteiger partial charge in [-0.3, -0.25) is 14.7 Å². The minimum atomic E-state index is -3.51. The van der Waals surface area contributed by atoms with E-state index in [0.29, 0.717) is 40.4 Å². The lowest BCUT2D eigenvalue weighted by Gasteiger charge is -2.27. The van der Waals surface area contributed by atoms with E-state index in [1.165, 1.54) is 32.7 Å². The SMILES string of the molecule is CS(=O)(=O)N1CCCC1C(=O)N(Cc1ccccn1)c1nc2ccc(F)cc2s1. The largest absolute Gasteiger partial charge is 0.281 e. The first kappa shape index (κ1) is 19.9. The zero-order valence-electron chi connectivity index (χ0n) is 15.7. The molecule has 0 saturated carbocycles. The van der Waals surface area contributed by atoms with Crippen LogP contribution in [0, 0.1) is 5.82 Å². The van der Waals surface area contributed by atoms with E-state index >= 15 is 0 Å². The number of pyridine rings is 1. The molecule has 0 spiro atoms. The van der Waals surface area contributed by atoms with Crippen LogP contribution in [0.15, 0.2) is 42.6 Å². The molecule has 1 aliphatic heterocycles. The highest BCUT2D eigenvalue weighted by Crippen LogP contribution is 2.32. The van der Waals surface area contributed by atoms with Gasteiger partial charge in [0.15, 0.2) is 5.13 Å². The van der Waals surface area contributed by atoms with Gasteiger partial charge < -0.3 is 0 Å². The summed E-state index contributed by atoms with van der Waals surface area (Å²) in [5.41, 5.74) is 1.23. The maximum absolute atomic E-state index is 13.6.